The predicted molar refractivity (Wildman–Crippen MR) is 74.1 cm³/mol. The van der Waals surface area contributed by atoms with Gasteiger partial charge in [0.1, 0.15) is 23.1 Å². The Bertz CT molecular complexity index is 526. The van der Waals surface area contributed by atoms with Crippen LogP contribution in [0.3, 0.4) is 0 Å². The lowest BCUT2D eigenvalue weighted by Gasteiger charge is -2.34. The van der Waals surface area contributed by atoms with Crippen molar-refractivity contribution in [3.05, 3.63) is 23.8 Å². The minimum absolute atomic E-state index is 0.0892. The van der Waals surface area contributed by atoms with E-state index in [2.05, 4.69) is 5.32 Å². The van der Waals surface area contributed by atoms with Crippen molar-refractivity contribution in [1.82, 2.24) is 10.2 Å². The third kappa shape index (κ3) is 3.08. The molecule has 1 aromatic rings. The van der Waals surface area contributed by atoms with E-state index < -0.39 is 11.9 Å². The molecule has 1 fully saturated rings. The van der Waals surface area contributed by atoms with E-state index in [4.69, 9.17) is 4.74 Å². The Kier molecular flexibility index (Phi) is 4.64. The summed E-state index contributed by atoms with van der Waals surface area (Å²) >= 11 is 0. The number of likely N-dealkylation sites (N-methyl/N-ethyl adjacent to an activating group) is 1. The van der Waals surface area contributed by atoms with Gasteiger partial charge >= 0.3 is 0 Å². The summed E-state index contributed by atoms with van der Waals surface area (Å²) in [4.78, 5) is 25.8. The van der Waals surface area contributed by atoms with Gasteiger partial charge in [0, 0.05) is 13.1 Å². The summed E-state index contributed by atoms with van der Waals surface area (Å²) in [5.41, 5.74) is -0.200. The molecule has 7 nitrogen and oxygen atoms in total. The molecule has 7 heteroatoms. The molecule has 2 amide bonds. The second-order valence-corrected chi connectivity index (χ2v) is 4.66. The molecule has 1 unspecified atom stereocenters. The topological polar surface area (TPSA) is 99.1 Å². The van der Waals surface area contributed by atoms with E-state index in [1.165, 1.54) is 23.1 Å². The lowest BCUT2D eigenvalue weighted by molar-refractivity contribution is -0.130. The Morgan fingerprint density at radius 3 is 2.67 bits per heavy atom. The highest BCUT2D eigenvalue weighted by Gasteiger charge is 2.35. The largest absolute Gasteiger partial charge is 0.507 e. The molecule has 0 aromatic heterocycles. The maximum atomic E-state index is 12.5. The molecule has 1 aliphatic heterocycles. The number of rotatable bonds is 3. The van der Waals surface area contributed by atoms with Crippen LogP contribution in [0.15, 0.2) is 18.2 Å². The van der Waals surface area contributed by atoms with Crippen LogP contribution in [0, 0.1) is 0 Å². The summed E-state index contributed by atoms with van der Waals surface area (Å²) in [5, 5.41) is 22.2. The van der Waals surface area contributed by atoms with Crippen LogP contribution in [0.25, 0.3) is 0 Å². The number of ether oxygens (including phenoxy) is 1. The molecule has 0 radical (unpaired) electrons. The van der Waals surface area contributed by atoms with Gasteiger partial charge in [-0.1, -0.05) is 6.07 Å². The third-order valence-electron chi connectivity index (χ3n) is 3.28. The maximum absolute atomic E-state index is 12.5. The van der Waals surface area contributed by atoms with Gasteiger partial charge in [0.2, 0.25) is 5.91 Å². The first-order chi connectivity index (χ1) is 10.1. The van der Waals surface area contributed by atoms with Crippen LogP contribution >= 0.6 is 0 Å². The van der Waals surface area contributed by atoms with Crippen LogP contribution in [0.5, 0.6) is 11.5 Å². The van der Waals surface area contributed by atoms with E-state index in [9.17, 15) is 19.8 Å². The van der Waals surface area contributed by atoms with Gasteiger partial charge in [-0.2, -0.15) is 0 Å². The minimum atomic E-state index is -0.773. The second-order valence-electron chi connectivity index (χ2n) is 4.66. The van der Waals surface area contributed by atoms with Crippen LogP contribution < -0.4 is 5.32 Å². The first kappa shape index (κ1) is 15.1. The fraction of sp³-hybridized carbons (Fsp3) is 0.429. The van der Waals surface area contributed by atoms with Gasteiger partial charge in [0.15, 0.2) is 0 Å². The van der Waals surface area contributed by atoms with Gasteiger partial charge in [0.25, 0.3) is 5.91 Å². The number of aromatic hydroxyl groups is 2. The van der Waals surface area contributed by atoms with Crippen molar-refractivity contribution in [2.45, 2.75) is 13.0 Å². The SMILES string of the molecule is CCNC(=O)C1COCCN1C(=O)c1c(O)cccc1O. The molecule has 21 heavy (non-hydrogen) atoms. The van der Waals surface area contributed by atoms with Crippen LogP contribution in [-0.2, 0) is 9.53 Å². The molecule has 1 saturated heterocycles. The van der Waals surface area contributed by atoms with E-state index in [1.807, 2.05) is 0 Å². The highest BCUT2D eigenvalue weighted by molar-refractivity contribution is 6.01. The molecule has 0 spiro atoms. The zero-order chi connectivity index (χ0) is 15.4. The number of phenols is 2. The Morgan fingerprint density at radius 2 is 2.05 bits per heavy atom. The number of nitrogens with one attached hydrogen (secondary N) is 1. The molecule has 114 valence electrons. The van der Waals surface area contributed by atoms with E-state index in [1.54, 1.807) is 6.92 Å². The first-order valence-electron chi connectivity index (χ1n) is 6.73. The quantitative estimate of drug-likeness (QED) is 0.733. The van der Waals surface area contributed by atoms with Crippen molar-refractivity contribution >= 4 is 11.8 Å². The lowest BCUT2D eigenvalue weighted by atomic mass is 10.1. The normalized spacial score (nSPS) is 18.3. The summed E-state index contributed by atoms with van der Waals surface area (Å²) in [5.74, 6) is -1.55. The van der Waals surface area contributed by atoms with Crippen molar-refractivity contribution in [1.29, 1.82) is 0 Å². The first-order valence-corrected chi connectivity index (χ1v) is 6.73. The van der Waals surface area contributed by atoms with Gasteiger partial charge < -0.3 is 25.2 Å². The Morgan fingerprint density at radius 1 is 1.38 bits per heavy atom. The number of hydrogen-bond donors (Lipinski definition) is 3. The number of phenolic OH excluding ortho intramolecular Hbond substituents is 2. The Labute approximate surface area is 122 Å². The standard InChI is InChI=1S/C14H18N2O5/c1-2-15-13(19)9-8-21-7-6-16(9)14(20)12-10(17)4-3-5-11(12)18/h3-5,9,17-18H,2,6-8H2,1H3,(H,15,19). The van der Waals surface area contributed by atoms with Crippen molar-refractivity contribution in [2.75, 3.05) is 26.3 Å². The third-order valence-corrected chi connectivity index (χ3v) is 3.28. The van der Waals surface area contributed by atoms with E-state index >= 15 is 0 Å². The predicted octanol–water partition coefficient (Wildman–Crippen LogP) is 0.0749. The van der Waals surface area contributed by atoms with E-state index in [0.29, 0.717) is 13.2 Å². The average Bonchev–Trinajstić information content (AvgIpc) is 2.47. The molecule has 2 rings (SSSR count). The summed E-state index contributed by atoms with van der Waals surface area (Å²) < 4.78 is 5.25. The molecule has 0 saturated carbocycles. The van der Waals surface area contributed by atoms with Gasteiger partial charge in [-0.05, 0) is 19.1 Å². The average molecular weight is 294 g/mol. The summed E-state index contributed by atoms with van der Waals surface area (Å²) in [6.45, 7) is 2.83. The second kappa shape index (κ2) is 6.45. The van der Waals surface area contributed by atoms with E-state index in [-0.39, 0.29) is 36.1 Å². The zero-order valence-electron chi connectivity index (χ0n) is 11.7. The fourth-order valence-electron chi connectivity index (χ4n) is 2.25. The molecule has 1 aromatic carbocycles. The molecule has 1 atom stereocenters. The molecule has 1 aliphatic rings. The van der Waals surface area contributed by atoms with E-state index in [0.717, 1.165) is 0 Å². The zero-order valence-corrected chi connectivity index (χ0v) is 11.7. The van der Waals surface area contributed by atoms with Crippen molar-refractivity contribution < 1.29 is 24.5 Å². The van der Waals surface area contributed by atoms with Gasteiger partial charge in [-0.25, -0.2) is 0 Å². The molecule has 1 heterocycles. The van der Waals surface area contributed by atoms with Crippen LogP contribution in [-0.4, -0.2) is 59.3 Å². The molecule has 0 aliphatic carbocycles. The lowest BCUT2D eigenvalue weighted by Crippen LogP contribution is -2.55. The highest BCUT2D eigenvalue weighted by Crippen LogP contribution is 2.28. The van der Waals surface area contributed by atoms with Crippen molar-refractivity contribution in [3.63, 3.8) is 0 Å². The van der Waals surface area contributed by atoms with Gasteiger partial charge in [0.05, 0.1) is 13.2 Å². The Balaban J connectivity index is 2.29. The number of amides is 2. The maximum Gasteiger partial charge on any atom is 0.262 e. The summed E-state index contributed by atoms with van der Waals surface area (Å²) in [6, 6.07) is 3.29. The smallest absolute Gasteiger partial charge is 0.262 e. The molecular formula is C14H18N2O5. The number of benzene rings is 1. The van der Waals surface area contributed by atoms with Crippen LogP contribution in [0.4, 0.5) is 0 Å². The highest BCUT2D eigenvalue weighted by atomic mass is 16.5. The fourth-order valence-corrected chi connectivity index (χ4v) is 2.25. The number of nitrogens with zero attached hydrogens (tertiary/aromatic N) is 1. The van der Waals surface area contributed by atoms with Gasteiger partial charge in [-0.15, -0.1) is 0 Å². The Hall–Kier alpha value is -2.28. The van der Waals surface area contributed by atoms with Gasteiger partial charge in [-0.3, -0.25) is 9.59 Å². The number of carbonyl (C=O) groups is 2. The van der Waals surface area contributed by atoms with Crippen LogP contribution in [0.2, 0.25) is 0 Å². The van der Waals surface area contributed by atoms with Crippen molar-refractivity contribution in [2.24, 2.45) is 0 Å². The number of hydrogen-bond acceptors (Lipinski definition) is 5. The van der Waals surface area contributed by atoms with Crippen molar-refractivity contribution in [3.8, 4) is 11.5 Å². The number of morpholine rings is 1. The monoisotopic (exact) mass is 294 g/mol. The number of carbonyl (C=O) groups excluding carboxylic acids is 2. The molecule has 0 bridgehead atoms. The minimum Gasteiger partial charge on any atom is -0.507 e. The molecule has 3 N–H and O–H groups in total. The molecular weight excluding hydrogens is 276 g/mol. The summed E-state index contributed by atoms with van der Waals surface area (Å²) in [6.07, 6.45) is 0. The summed E-state index contributed by atoms with van der Waals surface area (Å²) in [7, 11) is 0. The van der Waals surface area contributed by atoms with Crippen LogP contribution in [0.1, 0.15) is 17.3 Å².